The summed E-state index contributed by atoms with van der Waals surface area (Å²) in [6.07, 6.45) is 11.2. The number of aryl methyl sites for hydroxylation is 1. The van der Waals surface area contributed by atoms with Crippen molar-refractivity contribution in [3.8, 4) is 11.3 Å². The molecular formula is C30H36N6O2S. The average Bonchev–Trinajstić information content (AvgIpc) is 3.30. The highest BCUT2D eigenvalue weighted by Gasteiger charge is 2.35. The third-order valence-corrected chi connectivity index (χ3v) is 8.11. The lowest BCUT2D eigenvalue weighted by Gasteiger charge is -2.33. The van der Waals surface area contributed by atoms with Crippen LogP contribution < -0.4 is 5.32 Å². The lowest BCUT2D eigenvalue weighted by molar-refractivity contribution is 0.102. The Bertz CT molecular complexity index is 1330. The Balaban J connectivity index is 1.60. The zero-order valence-corrected chi connectivity index (χ0v) is 23.5. The average molecular weight is 545 g/mol. The van der Waals surface area contributed by atoms with Gasteiger partial charge in [0, 0.05) is 42.0 Å². The van der Waals surface area contributed by atoms with E-state index < -0.39 is 11.4 Å². The lowest BCUT2D eigenvalue weighted by atomic mass is 10.0. The van der Waals surface area contributed by atoms with E-state index in [0.29, 0.717) is 17.9 Å². The molecule has 1 saturated heterocycles. The van der Waals surface area contributed by atoms with Crippen LogP contribution in [0.3, 0.4) is 0 Å². The molecule has 3 aromatic rings. The minimum absolute atomic E-state index is 0.120. The highest BCUT2D eigenvalue weighted by Crippen LogP contribution is 2.36. The van der Waals surface area contributed by atoms with Crippen LogP contribution in [-0.2, 0) is 17.8 Å². The van der Waals surface area contributed by atoms with Crippen molar-refractivity contribution in [2.75, 3.05) is 11.9 Å². The summed E-state index contributed by atoms with van der Waals surface area (Å²) in [6, 6.07) is 11.2. The summed E-state index contributed by atoms with van der Waals surface area (Å²) >= 11 is -1.29. The first kappa shape index (κ1) is 28.5. The third kappa shape index (κ3) is 6.73. The number of carbonyl (C=O) groups excluding carboxylic acids is 1. The van der Waals surface area contributed by atoms with Crippen molar-refractivity contribution in [1.29, 1.82) is 0 Å². The number of aromatic nitrogens is 3. The summed E-state index contributed by atoms with van der Waals surface area (Å²) in [5, 5.41) is 4.38. The molecule has 0 aliphatic carbocycles. The van der Waals surface area contributed by atoms with E-state index in [1.807, 2.05) is 46.3 Å². The predicted octanol–water partition coefficient (Wildman–Crippen LogP) is 6.31. The van der Waals surface area contributed by atoms with Crippen molar-refractivity contribution in [2.45, 2.75) is 58.4 Å². The fraction of sp³-hybridized carbons (Fsp3) is 0.333. The molecule has 1 aliphatic heterocycles. The molecule has 1 fully saturated rings. The zero-order chi connectivity index (χ0) is 27.8. The largest absolute Gasteiger partial charge is 0.593 e. The summed E-state index contributed by atoms with van der Waals surface area (Å²) in [6.45, 7) is 12.2. The number of unbranched alkanes of at least 4 members (excludes halogenated alkanes) is 1. The van der Waals surface area contributed by atoms with Crippen LogP contribution in [0.1, 0.15) is 72.5 Å². The molecule has 39 heavy (non-hydrogen) atoms. The van der Waals surface area contributed by atoms with Gasteiger partial charge in [-0.05, 0) is 82.2 Å². The van der Waals surface area contributed by atoms with E-state index in [0.717, 1.165) is 66.9 Å². The predicted molar refractivity (Wildman–Crippen MR) is 160 cm³/mol. The number of amides is 1. The molecule has 0 spiro atoms. The number of anilines is 1. The van der Waals surface area contributed by atoms with Crippen LogP contribution in [0.5, 0.6) is 0 Å². The van der Waals surface area contributed by atoms with E-state index >= 15 is 0 Å². The number of hydrogen-bond acceptors (Lipinski definition) is 6. The van der Waals surface area contributed by atoms with Crippen molar-refractivity contribution >= 4 is 36.0 Å². The smallest absolute Gasteiger partial charge is 0.256 e. The molecule has 1 N–H and O–H groups in total. The van der Waals surface area contributed by atoms with Gasteiger partial charge in [-0.2, -0.15) is 0 Å². The molecular weight excluding hydrogens is 508 g/mol. The number of pyridine rings is 1. The maximum atomic E-state index is 12.9. The number of nitrogens with zero attached hydrogens (tertiary/aromatic N) is 5. The molecule has 1 aliphatic rings. The van der Waals surface area contributed by atoms with Crippen LogP contribution in [0.4, 0.5) is 5.82 Å². The number of nitrogens with one attached hydrogen (secondary N) is 1. The number of benzene rings is 1. The Morgan fingerprint density at radius 3 is 2.79 bits per heavy atom. The summed E-state index contributed by atoms with van der Waals surface area (Å²) in [5.41, 5.74) is 4.30. The molecule has 1 amide bonds. The van der Waals surface area contributed by atoms with Crippen LogP contribution in [0.15, 0.2) is 65.8 Å². The summed E-state index contributed by atoms with van der Waals surface area (Å²) in [5.74, 6) is 1.14. The van der Waals surface area contributed by atoms with Crippen molar-refractivity contribution in [3.63, 3.8) is 0 Å². The topological polar surface area (TPSA) is 98.5 Å². The Labute approximate surface area is 233 Å². The second-order valence-corrected chi connectivity index (χ2v) is 10.9. The van der Waals surface area contributed by atoms with Crippen LogP contribution in [0.2, 0.25) is 0 Å². The van der Waals surface area contributed by atoms with Gasteiger partial charge in [-0.15, -0.1) is 4.31 Å². The SMILES string of the molecule is C=C[S+]([O-])N1CCCC[C@H]1c1nc(-c2ccc(C(=O)Nc3cc(CCCC)ccn3)cc2)c(C)n1/C=C\N=C. The number of carbonyl (C=O) groups is 1. The van der Waals surface area contributed by atoms with Crippen LogP contribution in [0.25, 0.3) is 17.5 Å². The van der Waals surface area contributed by atoms with Gasteiger partial charge < -0.3 is 14.4 Å². The lowest BCUT2D eigenvalue weighted by Crippen LogP contribution is -2.38. The molecule has 204 valence electrons. The van der Waals surface area contributed by atoms with Crippen LogP contribution >= 0.6 is 0 Å². The molecule has 8 nitrogen and oxygen atoms in total. The molecule has 0 saturated carbocycles. The van der Waals surface area contributed by atoms with Gasteiger partial charge in [-0.25, -0.2) is 9.97 Å². The Morgan fingerprint density at radius 2 is 2.08 bits per heavy atom. The van der Waals surface area contributed by atoms with Crippen molar-refractivity contribution < 1.29 is 9.35 Å². The fourth-order valence-corrected chi connectivity index (χ4v) is 5.82. The Hall–Kier alpha value is -3.53. The fourth-order valence-electron chi connectivity index (χ4n) is 4.87. The number of hydrogen-bond donors (Lipinski definition) is 1. The highest BCUT2D eigenvalue weighted by molar-refractivity contribution is 7.92. The van der Waals surface area contributed by atoms with E-state index in [4.69, 9.17) is 4.98 Å². The Morgan fingerprint density at radius 1 is 1.28 bits per heavy atom. The Kier molecular flexibility index (Phi) is 9.86. The minimum atomic E-state index is -1.29. The molecule has 1 unspecified atom stereocenters. The first-order valence-electron chi connectivity index (χ1n) is 13.3. The maximum Gasteiger partial charge on any atom is 0.256 e. The number of piperidine rings is 1. The molecule has 4 rings (SSSR count). The number of imidazole rings is 1. The van der Waals surface area contributed by atoms with Crippen molar-refractivity contribution in [2.24, 2.45) is 4.99 Å². The van der Waals surface area contributed by atoms with E-state index in [1.54, 1.807) is 24.5 Å². The first-order valence-corrected chi connectivity index (χ1v) is 14.5. The van der Waals surface area contributed by atoms with Gasteiger partial charge in [0.25, 0.3) is 5.91 Å². The van der Waals surface area contributed by atoms with Crippen LogP contribution in [0, 0.1) is 6.92 Å². The molecule has 2 aromatic heterocycles. The molecule has 3 heterocycles. The van der Waals surface area contributed by atoms with E-state index in [2.05, 4.69) is 35.5 Å². The van der Waals surface area contributed by atoms with Gasteiger partial charge in [0.2, 0.25) is 0 Å². The second kappa shape index (κ2) is 13.5. The molecule has 2 atom stereocenters. The summed E-state index contributed by atoms with van der Waals surface area (Å²) < 4.78 is 16.7. The van der Waals surface area contributed by atoms with Gasteiger partial charge >= 0.3 is 0 Å². The van der Waals surface area contributed by atoms with Crippen molar-refractivity contribution in [3.05, 3.63) is 83.4 Å². The van der Waals surface area contributed by atoms with E-state index in [9.17, 15) is 9.35 Å². The summed E-state index contributed by atoms with van der Waals surface area (Å²) in [4.78, 5) is 26.1. The molecule has 0 bridgehead atoms. The molecule has 1 aromatic carbocycles. The minimum Gasteiger partial charge on any atom is -0.593 e. The maximum absolute atomic E-state index is 12.9. The van der Waals surface area contributed by atoms with E-state index in [-0.39, 0.29) is 11.9 Å². The highest BCUT2D eigenvalue weighted by atomic mass is 32.2. The number of rotatable bonds is 11. The second-order valence-electron chi connectivity index (χ2n) is 9.53. The first-order chi connectivity index (χ1) is 19.0. The normalized spacial score (nSPS) is 16.7. The van der Waals surface area contributed by atoms with Gasteiger partial charge in [0.15, 0.2) is 0 Å². The third-order valence-electron chi connectivity index (χ3n) is 6.93. The van der Waals surface area contributed by atoms with Gasteiger partial charge in [0.1, 0.15) is 23.1 Å². The van der Waals surface area contributed by atoms with E-state index in [1.165, 1.54) is 5.41 Å². The van der Waals surface area contributed by atoms with Crippen LogP contribution in [-0.4, -0.2) is 42.6 Å². The van der Waals surface area contributed by atoms with Gasteiger partial charge in [-0.1, -0.05) is 25.5 Å². The van der Waals surface area contributed by atoms with Gasteiger partial charge in [0.05, 0.1) is 17.1 Å². The van der Waals surface area contributed by atoms with Gasteiger partial charge in [-0.3, -0.25) is 9.79 Å². The zero-order valence-electron chi connectivity index (χ0n) is 22.7. The quantitative estimate of drug-likeness (QED) is 0.225. The standard InChI is InChI=1S/C30H36N6O2S/c1-5-7-10-23-16-17-32-27(21-23)33-30(37)25-14-12-24(13-15-25)28-22(3)35(20-18-31-4)29(34-28)26-11-8-9-19-36(26)39(38)6-2/h6,12-18,20-21,26H,2,4-5,7-11,19H2,1,3H3,(H,32,33,37)/b20-18-/t26-,39?/m0/s1. The summed E-state index contributed by atoms with van der Waals surface area (Å²) in [7, 11) is 0. The molecule has 0 radical (unpaired) electrons. The number of aliphatic imine (C=N–C) groups is 1. The van der Waals surface area contributed by atoms with Crippen molar-refractivity contribution in [1.82, 2.24) is 18.8 Å². The molecule has 9 heteroatoms. The monoisotopic (exact) mass is 544 g/mol.